The number of amidine groups is 1. The average molecular weight is 443 g/mol. The summed E-state index contributed by atoms with van der Waals surface area (Å²) in [5.41, 5.74) is 15.3. The lowest BCUT2D eigenvalue weighted by Crippen LogP contribution is -2.52. The summed E-state index contributed by atoms with van der Waals surface area (Å²) in [4.78, 5) is 15.5. The van der Waals surface area contributed by atoms with Gasteiger partial charge in [-0.3, -0.25) is 10.2 Å². The van der Waals surface area contributed by atoms with E-state index in [9.17, 15) is 4.79 Å². The second-order valence-electron chi connectivity index (χ2n) is 9.08. The highest BCUT2D eigenvalue weighted by Crippen LogP contribution is 2.37. The van der Waals surface area contributed by atoms with Crippen LogP contribution in [0.15, 0.2) is 60.7 Å². The van der Waals surface area contributed by atoms with Gasteiger partial charge in [0, 0.05) is 24.2 Å². The van der Waals surface area contributed by atoms with E-state index in [1.165, 1.54) is 10.8 Å². The predicted molar refractivity (Wildman–Crippen MR) is 133 cm³/mol. The Morgan fingerprint density at radius 3 is 2.61 bits per heavy atom. The molecule has 1 amide bonds. The predicted octanol–water partition coefficient (Wildman–Crippen LogP) is 3.27. The Bertz CT molecular complexity index is 1200. The number of benzene rings is 3. The number of fused-ring (bicyclic) bond motifs is 2. The van der Waals surface area contributed by atoms with Gasteiger partial charge in [-0.25, -0.2) is 0 Å². The van der Waals surface area contributed by atoms with Crippen molar-refractivity contribution in [2.45, 2.75) is 50.5 Å². The van der Waals surface area contributed by atoms with Gasteiger partial charge >= 0.3 is 0 Å². The molecule has 1 aliphatic carbocycles. The molecule has 0 radical (unpaired) electrons. The second kappa shape index (κ2) is 8.75. The van der Waals surface area contributed by atoms with Crippen molar-refractivity contribution >= 4 is 33.9 Å². The van der Waals surface area contributed by atoms with Crippen LogP contribution in [-0.4, -0.2) is 30.0 Å². The molecular weight excluding hydrogens is 412 g/mol. The first-order valence-corrected chi connectivity index (χ1v) is 11.5. The fourth-order valence-corrected chi connectivity index (χ4v) is 4.98. The SMILES string of the molecule is N=C(N)c1ccc2c(c1)NC(C(=O)NC1CCC(N)CC1)N2Cc1cccc2ccccc12. The third-order valence-corrected chi connectivity index (χ3v) is 6.81. The smallest absolute Gasteiger partial charge is 0.263 e. The first kappa shape index (κ1) is 21.3. The Balaban J connectivity index is 1.46. The second-order valence-corrected chi connectivity index (χ2v) is 9.08. The number of nitrogen functional groups attached to an aromatic ring is 1. The Labute approximate surface area is 193 Å². The van der Waals surface area contributed by atoms with Gasteiger partial charge in [0.25, 0.3) is 5.91 Å². The number of nitrogens with two attached hydrogens (primary N) is 2. The number of amides is 1. The van der Waals surface area contributed by atoms with Crippen LogP contribution >= 0.6 is 0 Å². The first-order valence-electron chi connectivity index (χ1n) is 11.5. The molecule has 0 saturated heterocycles. The Morgan fingerprint density at radius 2 is 1.82 bits per heavy atom. The standard InChI is InChI=1S/C26H30N6O/c27-19-9-11-20(12-10-19)30-26(33)25-31-22-14-17(24(28)29)8-13-23(22)32(25)15-18-6-3-5-16-4-1-2-7-21(16)18/h1-8,13-14,19-20,25,31H,9-12,15,27H2,(H3,28,29)(H,30,33). The maximum absolute atomic E-state index is 13.4. The number of anilines is 2. The molecular formula is C26H30N6O. The highest BCUT2D eigenvalue weighted by atomic mass is 16.2. The zero-order valence-corrected chi connectivity index (χ0v) is 18.6. The fourth-order valence-electron chi connectivity index (χ4n) is 4.98. The number of carbonyl (C=O) groups is 1. The van der Waals surface area contributed by atoms with Crippen molar-refractivity contribution in [2.75, 3.05) is 10.2 Å². The topological polar surface area (TPSA) is 120 Å². The van der Waals surface area contributed by atoms with Crippen LogP contribution in [0.3, 0.4) is 0 Å². The van der Waals surface area contributed by atoms with E-state index in [1.54, 1.807) is 0 Å². The Kier molecular flexibility index (Phi) is 5.64. The maximum Gasteiger partial charge on any atom is 0.263 e. The fraction of sp³-hybridized carbons (Fsp3) is 0.308. The molecule has 3 aromatic rings. The van der Waals surface area contributed by atoms with Crippen LogP contribution in [0.4, 0.5) is 11.4 Å². The maximum atomic E-state index is 13.4. The van der Waals surface area contributed by atoms with Gasteiger partial charge in [0.2, 0.25) is 0 Å². The normalized spacial score (nSPS) is 22.0. The Hall–Kier alpha value is -3.58. The zero-order valence-electron chi connectivity index (χ0n) is 18.6. The molecule has 1 saturated carbocycles. The van der Waals surface area contributed by atoms with Crippen molar-refractivity contribution in [2.24, 2.45) is 11.5 Å². The molecule has 2 aliphatic rings. The van der Waals surface area contributed by atoms with Gasteiger partial charge in [-0.05, 0) is 60.2 Å². The van der Waals surface area contributed by atoms with Crippen LogP contribution in [0.25, 0.3) is 10.8 Å². The molecule has 1 heterocycles. The number of carbonyl (C=O) groups excluding carboxylic acids is 1. The number of rotatable bonds is 5. The molecule has 0 bridgehead atoms. The molecule has 5 rings (SSSR count). The first-order chi connectivity index (χ1) is 16.0. The van der Waals surface area contributed by atoms with Crippen LogP contribution in [0.1, 0.15) is 36.8 Å². The Morgan fingerprint density at radius 1 is 1.06 bits per heavy atom. The van der Waals surface area contributed by atoms with Crippen LogP contribution < -0.4 is 27.0 Å². The van der Waals surface area contributed by atoms with E-state index < -0.39 is 6.17 Å². The number of hydrogen-bond acceptors (Lipinski definition) is 5. The van der Waals surface area contributed by atoms with Crippen molar-refractivity contribution < 1.29 is 4.79 Å². The molecule has 170 valence electrons. The van der Waals surface area contributed by atoms with Gasteiger partial charge in [0.1, 0.15) is 5.84 Å². The zero-order chi connectivity index (χ0) is 22.9. The molecule has 7 nitrogen and oxygen atoms in total. The molecule has 1 unspecified atom stereocenters. The summed E-state index contributed by atoms with van der Waals surface area (Å²) < 4.78 is 0. The summed E-state index contributed by atoms with van der Waals surface area (Å²) in [6, 6.07) is 20.6. The van der Waals surface area contributed by atoms with Crippen molar-refractivity contribution in [1.82, 2.24) is 5.32 Å². The monoisotopic (exact) mass is 442 g/mol. The van der Waals surface area contributed by atoms with Gasteiger partial charge in [0.05, 0.1) is 11.4 Å². The number of nitrogens with one attached hydrogen (secondary N) is 3. The van der Waals surface area contributed by atoms with E-state index in [0.29, 0.717) is 12.1 Å². The van der Waals surface area contributed by atoms with Gasteiger partial charge in [0.15, 0.2) is 6.17 Å². The molecule has 3 aromatic carbocycles. The molecule has 1 atom stereocenters. The van der Waals surface area contributed by atoms with Crippen molar-refractivity contribution in [3.8, 4) is 0 Å². The van der Waals surface area contributed by atoms with Gasteiger partial charge < -0.3 is 27.0 Å². The summed E-state index contributed by atoms with van der Waals surface area (Å²) in [6.07, 6.45) is 3.14. The van der Waals surface area contributed by atoms with E-state index in [0.717, 1.165) is 42.6 Å². The van der Waals surface area contributed by atoms with Gasteiger partial charge in [-0.1, -0.05) is 42.5 Å². The number of nitrogens with zero attached hydrogens (tertiary/aromatic N) is 1. The summed E-state index contributed by atoms with van der Waals surface area (Å²) in [5, 5.41) is 16.8. The van der Waals surface area contributed by atoms with E-state index in [-0.39, 0.29) is 23.8 Å². The largest absolute Gasteiger partial charge is 0.384 e. The van der Waals surface area contributed by atoms with Crippen LogP contribution in [-0.2, 0) is 11.3 Å². The molecule has 7 heteroatoms. The highest BCUT2D eigenvalue weighted by Gasteiger charge is 2.35. The van der Waals surface area contributed by atoms with E-state index >= 15 is 0 Å². The lowest BCUT2D eigenvalue weighted by molar-refractivity contribution is -0.122. The highest BCUT2D eigenvalue weighted by molar-refractivity contribution is 6.00. The molecule has 1 aliphatic heterocycles. The lowest BCUT2D eigenvalue weighted by atomic mass is 9.92. The summed E-state index contributed by atoms with van der Waals surface area (Å²) in [5.74, 6) is -0.0390. The minimum Gasteiger partial charge on any atom is -0.384 e. The molecule has 0 aromatic heterocycles. The van der Waals surface area contributed by atoms with Crippen LogP contribution in [0.2, 0.25) is 0 Å². The third-order valence-electron chi connectivity index (χ3n) is 6.81. The third kappa shape index (κ3) is 4.24. The van der Waals surface area contributed by atoms with Crippen molar-refractivity contribution in [3.05, 3.63) is 71.8 Å². The van der Waals surface area contributed by atoms with Gasteiger partial charge in [-0.2, -0.15) is 0 Å². The van der Waals surface area contributed by atoms with Crippen LogP contribution in [0, 0.1) is 5.41 Å². The van der Waals surface area contributed by atoms with E-state index in [2.05, 4.69) is 45.9 Å². The molecule has 1 fully saturated rings. The minimum atomic E-state index is -0.545. The molecule has 0 spiro atoms. The van der Waals surface area contributed by atoms with E-state index in [1.807, 2.05) is 30.3 Å². The van der Waals surface area contributed by atoms with Crippen LogP contribution in [0.5, 0.6) is 0 Å². The lowest BCUT2D eigenvalue weighted by Gasteiger charge is -2.31. The number of hydrogen-bond donors (Lipinski definition) is 5. The molecule has 7 N–H and O–H groups in total. The summed E-state index contributed by atoms with van der Waals surface area (Å²) >= 11 is 0. The summed E-state index contributed by atoms with van der Waals surface area (Å²) in [7, 11) is 0. The quantitative estimate of drug-likeness (QED) is 0.307. The average Bonchev–Trinajstić information content (AvgIpc) is 3.18. The molecule has 33 heavy (non-hydrogen) atoms. The van der Waals surface area contributed by atoms with Crippen molar-refractivity contribution in [1.29, 1.82) is 5.41 Å². The minimum absolute atomic E-state index is 0.00616. The van der Waals surface area contributed by atoms with Gasteiger partial charge in [-0.15, -0.1) is 0 Å². The van der Waals surface area contributed by atoms with Crippen molar-refractivity contribution in [3.63, 3.8) is 0 Å². The summed E-state index contributed by atoms with van der Waals surface area (Å²) in [6.45, 7) is 0.578. The van der Waals surface area contributed by atoms with E-state index in [4.69, 9.17) is 16.9 Å².